The van der Waals surface area contributed by atoms with E-state index in [1.54, 1.807) is 21.3 Å². The van der Waals surface area contributed by atoms with Crippen molar-refractivity contribution in [2.45, 2.75) is 32.4 Å². The van der Waals surface area contributed by atoms with E-state index in [0.29, 0.717) is 30.0 Å². The van der Waals surface area contributed by atoms with Crippen LogP contribution in [-0.2, 0) is 15.9 Å². The van der Waals surface area contributed by atoms with Crippen molar-refractivity contribution in [3.63, 3.8) is 0 Å². The molecular weight excluding hydrogens is 282 g/mol. The van der Waals surface area contributed by atoms with E-state index in [1.165, 1.54) is 0 Å². The maximum absolute atomic E-state index is 5.43. The molecule has 1 aromatic heterocycles. The highest BCUT2D eigenvalue weighted by Crippen LogP contribution is 2.20. The molecule has 2 atom stereocenters. The van der Waals surface area contributed by atoms with Crippen molar-refractivity contribution in [3.8, 4) is 5.88 Å². The first kappa shape index (κ1) is 16.3. The molecule has 120 valence electrons. The van der Waals surface area contributed by atoms with Crippen LogP contribution < -0.4 is 4.74 Å². The molecule has 0 fully saturated rings. The van der Waals surface area contributed by atoms with Crippen molar-refractivity contribution in [2.24, 2.45) is 15.9 Å². The van der Waals surface area contributed by atoms with Crippen LogP contribution in [-0.4, -0.2) is 50.2 Å². The third-order valence-corrected chi connectivity index (χ3v) is 3.53. The van der Waals surface area contributed by atoms with Crippen molar-refractivity contribution < 1.29 is 14.2 Å². The Kier molecular flexibility index (Phi) is 5.35. The Labute approximate surface area is 131 Å². The Bertz CT molecular complexity index is 570. The highest BCUT2D eigenvalue weighted by atomic mass is 16.5. The standard InChI is InChI=1S/C16H23N3O3/c1-10(2)14-16(22-5)18-12(15(19-14)21-4)9-11-7-6-8-13(17-11)20-3/h6-8,10,12,14H,9H2,1-5H3/t12-,14+/m1/s1. The van der Waals surface area contributed by atoms with Gasteiger partial charge in [0.1, 0.15) is 12.1 Å². The highest BCUT2D eigenvalue weighted by molar-refractivity contribution is 5.94. The second-order valence-corrected chi connectivity index (χ2v) is 5.42. The first-order valence-corrected chi connectivity index (χ1v) is 7.32. The van der Waals surface area contributed by atoms with Gasteiger partial charge in [-0.2, -0.15) is 0 Å². The maximum Gasteiger partial charge on any atom is 0.213 e. The summed E-state index contributed by atoms with van der Waals surface area (Å²) in [7, 11) is 4.85. The molecule has 0 radical (unpaired) electrons. The average molecular weight is 305 g/mol. The number of hydrogen-bond acceptors (Lipinski definition) is 6. The van der Waals surface area contributed by atoms with Gasteiger partial charge in [-0.3, -0.25) is 0 Å². The van der Waals surface area contributed by atoms with Gasteiger partial charge in [-0.1, -0.05) is 19.9 Å². The number of aromatic nitrogens is 1. The molecule has 1 aliphatic rings. The van der Waals surface area contributed by atoms with E-state index in [0.717, 1.165) is 5.69 Å². The molecule has 0 aliphatic carbocycles. The van der Waals surface area contributed by atoms with E-state index in [9.17, 15) is 0 Å². The topological polar surface area (TPSA) is 65.3 Å². The lowest BCUT2D eigenvalue weighted by Gasteiger charge is -2.26. The predicted octanol–water partition coefficient (Wildman–Crippen LogP) is 2.13. The Morgan fingerprint density at radius 1 is 1.00 bits per heavy atom. The number of nitrogens with zero attached hydrogens (tertiary/aromatic N) is 3. The summed E-state index contributed by atoms with van der Waals surface area (Å²) < 4.78 is 16.0. The zero-order chi connectivity index (χ0) is 16.1. The second-order valence-electron chi connectivity index (χ2n) is 5.42. The van der Waals surface area contributed by atoms with Crippen molar-refractivity contribution in [2.75, 3.05) is 21.3 Å². The molecule has 0 bridgehead atoms. The molecule has 1 aromatic rings. The largest absolute Gasteiger partial charge is 0.483 e. The SMILES string of the molecule is COC1=N[C@H](Cc2cccc(OC)n2)C(OC)=N[C@H]1C(C)C. The lowest BCUT2D eigenvalue weighted by Crippen LogP contribution is -2.38. The third kappa shape index (κ3) is 3.55. The van der Waals surface area contributed by atoms with Gasteiger partial charge in [-0.05, 0) is 12.0 Å². The van der Waals surface area contributed by atoms with Crippen LogP contribution in [0, 0.1) is 5.92 Å². The molecule has 0 unspecified atom stereocenters. The van der Waals surface area contributed by atoms with Crippen molar-refractivity contribution in [1.82, 2.24) is 4.98 Å². The molecule has 22 heavy (non-hydrogen) atoms. The van der Waals surface area contributed by atoms with Crippen LogP contribution in [0.2, 0.25) is 0 Å². The summed E-state index contributed by atoms with van der Waals surface area (Å²) in [4.78, 5) is 13.7. The summed E-state index contributed by atoms with van der Waals surface area (Å²) in [5.41, 5.74) is 0.872. The van der Waals surface area contributed by atoms with E-state index in [1.807, 2.05) is 18.2 Å². The minimum atomic E-state index is -0.227. The van der Waals surface area contributed by atoms with Crippen molar-refractivity contribution in [3.05, 3.63) is 23.9 Å². The van der Waals surface area contributed by atoms with Crippen LogP contribution in [0.5, 0.6) is 5.88 Å². The van der Waals surface area contributed by atoms with Gasteiger partial charge in [0.05, 0.1) is 21.3 Å². The Morgan fingerprint density at radius 3 is 2.32 bits per heavy atom. The third-order valence-electron chi connectivity index (χ3n) is 3.53. The molecule has 0 saturated carbocycles. The van der Waals surface area contributed by atoms with E-state index >= 15 is 0 Å². The van der Waals surface area contributed by atoms with Crippen LogP contribution in [0.4, 0.5) is 0 Å². The number of methoxy groups -OCH3 is 3. The highest BCUT2D eigenvalue weighted by Gasteiger charge is 2.31. The van der Waals surface area contributed by atoms with Gasteiger partial charge in [-0.25, -0.2) is 15.0 Å². The normalized spacial score (nSPS) is 21.2. The monoisotopic (exact) mass is 305 g/mol. The van der Waals surface area contributed by atoms with E-state index < -0.39 is 0 Å². The summed E-state index contributed by atoms with van der Waals surface area (Å²) >= 11 is 0. The van der Waals surface area contributed by atoms with Gasteiger partial charge in [0, 0.05) is 18.2 Å². The number of pyridine rings is 1. The summed E-state index contributed by atoms with van der Waals surface area (Å²) in [5.74, 6) is 2.13. The number of rotatable bonds is 4. The number of aliphatic imine (C=N–C) groups is 2. The smallest absolute Gasteiger partial charge is 0.213 e. The molecule has 0 aromatic carbocycles. The van der Waals surface area contributed by atoms with Gasteiger partial charge >= 0.3 is 0 Å². The van der Waals surface area contributed by atoms with Crippen molar-refractivity contribution in [1.29, 1.82) is 0 Å². The lowest BCUT2D eigenvalue weighted by atomic mass is 10.0. The van der Waals surface area contributed by atoms with Crippen LogP contribution in [0.1, 0.15) is 19.5 Å². The molecule has 2 heterocycles. The van der Waals surface area contributed by atoms with Gasteiger partial charge < -0.3 is 14.2 Å². The molecule has 2 rings (SSSR count). The quantitative estimate of drug-likeness (QED) is 0.855. The fraction of sp³-hybridized carbons (Fsp3) is 0.562. The number of hydrogen-bond donors (Lipinski definition) is 0. The molecule has 0 spiro atoms. The Hall–Kier alpha value is -2.11. The van der Waals surface area contributed by atoms with Gasteiger partial charge in [-0.15, -0.1) is 0 Å². The Balaban J connectivity index is 2.25. The fourth-order valence-electron chi connectivity index (χ4n) is 2.38. The summed E-state index contributed by atoms with van der Waals surface area (Å²) in [6.07, 6.45) is 0.585. The molecule has 6 heteroatoms. The molecule has 0 N–H and O–H groups in total. The number of ether oxygens (including phenoxy) is 3. The van der Waals surface area contributed by atoms with Crippen LogP contribution in [0.15, 0.2) is 28.2 Å². The summed E-state index contributed by atoms with van der Waals surface area (Å²) in [5, 5.41) is 0. The lowest BCUT2D eigenvalue weighted by molar-refractivity contribution is 0.332. The zero-order valence-corrected chi connectivity index (χ0v) is 13.7. The summed E-state index contributed by atoms with van der Waals surface area (Å²) in [6.45, 7) is 4.17. The molecule has 6 nitrogen and oxygen atoms in total. The Morgan fingerprint density at radius 2 is 1.73 bits per heavy atom. The van der Waals surface area contributed by atoms with Crippen LogP contribution in [0.25, 0.3) is 0 Å². The second kappa shape index (κ2) is 7.24. The molecule has 0 amide bonds. The van der Waals surface area contributed by atoms with Gasteiger partial charge in [0.25, 0.3) is 0 Å². The minimum absolute atomic E-state index is 0.102. The van der Waals surface area contributed by atoms with Gasteiger partial charge in [0.15, 0.2) is 0 Å². The van der Waals surface area contributed by atoms with E-state index in [4.69, 9.17) is 14.2 Å². The molecule has 0 saturated heterocycles. The van der Waals surface area contributed by atoms with E-state index in [-0.39, 0.29) is 12.1 Å². The maximum atomic E-state index is 5.43. The van der Waals surface area contributed by atoms with Crippen LogP contribution >= 0.6 is 0 Å². The van der Waals surface area contributed by atoms with Gasteiger partial charge in [0.2, 0.25) is 17.7 Å². The zero-order valence-electron chi connectivity index (χ0n) is 13.7. The summed E-state index contributed by atoms with van der Waals surface area (Å²) in [6, 6.07) is 5.33. The van der Waals surface area contributed by atoms with Crippen LogP contribution in [0.3, 0.4) is 0 Å². The van der Waals surface area contributed by atoms with E-state index in [2.05, 4.69) is 28.8 Å². The minimum Gasteiger partial charge on any atom is -0.483 e. The first-order chi connectivity index (χ1) is 10.6. The molecule has 1 aliphatic heterocycles. The predicted molar refractivity (Wildman–Crippen MR) is 85.8 cm³/mol. The average Bonchev–Trinajstić information content (AvgIpc) is 2.54. The fourth-order valence-corrected chi connectivity index (χ4v) is 2.38. The molecular formula is C16H23N3O3. The van der Waals surface area contributed by atoms with Crippen molar-refractivity contribution >= 4 is 11.8 Å². The first-order valence-electron chi connectivity index (χ1n) is 7.32.